The molecule has 0 aromatic heterocycles. The predicted molar refractivity (Wildman–Crippen MR) is 201 cm³/mol. The van der Waals surface area contributed by atoms with Crippen LogP contribution < -0.4 is 5.73 Å². The van der Waals surface area contributed by atoms with Crippen molar-refractivity contribution in [2.24, 2.45) is 5.73 Å². The smallest absolute Gasteiger partial charge is 0.457 e. The van der Waals surface area contributed by atoms with E-state index in [1.54, 1.807) is 0 Å². The summed E-state index contributed by atoms with van der Waals surface area (Å²) in [5.41, 5.74) is 5.34. The molecule has 9 heteroatoms. The van der Waals surface area contributed by atoms with Crippen LogP contribution in [0.4, 0.5) is 0 Å². The van der Waals surface area contributed by atoms with Gasteiger partial charge in [-0.05, 0) is 77.0 Å². The molecule has 274 valence electrons. The Labute approximate surface area is 292 Å². The third-order valence-corrected chi connectivity index (χ3v) is 7.79. The summed E-state index contributed by atoms with van der Waals surface area (Å²) in [4.78, 5) is 22.3. The number of rotatable bonds is 33. The zero-order valence-electron chi connectivity index (χ0n) is 29.9. The molecule has 2 atom stereocenters. The van der Waals surface area contributed by atoms with Gasteiger partial charge < -0.3 is 20.1 Å². The first-order chi connectivity index (χ1) is 23.4. The van der Waals surface area contributed by atoms with Crippen LogP contribution in [0.1, 0.15) is 117 Å². The number of esters is 1. The lowest BCUT2D eigenvalue weighted by molar-refractivity contribution is -0.154. The zero-order chi connectivity index (χ0) is 35.2. The molecule has 0 aliphatic heterocycles. The maximum Gasteiger partial charge on any atom is 0.472 e. The van der Waals surface area contributed by atoms with E-state index in [0.717, 1.165) is 96.3 Å². The minimum atomic E-state index is -4.29. The summed E-state index contributed by atoms with van der Waals surface area (Å²) in [6, 6.07) is 0. The average Bonchev–Trinajstić information content (AvgIpc) is 3.07. The fraction of sp³-hybridized carbons (Fsp3) is 0.615. The standard InChI is InChI=1S/C39H66NO7P/c1-3-5-7-9-11-13-15-17-19-20-22-24-26-28-30-32-39(41)47-38(37-46-48(42,43)45-35-33-40)36-44-34-31-29-27-25-23-21-18-16-14-12-10-8-6-4-2/h5-8,11-14,17-19,21,25,27,38H,3-4,9-10,15-16,20,22-24,26,28-37,40H2,1-2H3,(H,42,43)/b7-5-,8-6-,13-11-,14-12-,19-17-,21-18-,27-25-. The van der Waals surface area contributed by atoms with Gasteiger partial charge in [0.05, 0.1) is 19.8 Å². The molecule has 2 unspecified atom stereocenters. The molecule has 0 aliphatic rings. The Morgan fingerprint density at radius 1 is 0.625 bits per heavy atom. The van der Waals surface area contributed by atoms with E-state index < -0.39 is 13.9 Å². The monoisotopic (exact) mass is 691 g/mol. The number of phosphoric acid groups is 1. The van der Waals surface area contributed by atoms with Gasteiger partial charge in [-0.25, -0.2) is 4.57 Å². The number of unbranched alkanes of at least 4 members (excludes halogenated alkanes) is 6. The number of hydrogen-bond acceptors (Lipinski definition) is 7. The first-order valence-electron chi connectivity index (χ1n) is 18.1. The summed E-state index contributed by atoms with van der Waals surface area (Å²) in [5, 5.41) is 0. The molecule has 0 saturated heterocycles. The highest BCUT2D eigenvalue weighted by Gasteiger charge is 2.25. The van der Waals surface area contributed by atoms with Crippen molar-refractivity contribution in [2.75, 3.05) is 33.0 Å². The maximum absolute atomic E-state index is 12.5. The lowest BCUT2D eigenvalue weighted by Gasteiger charge is -2.20. The van der Waals surface area contributed by atoms with Crippen molar-refractivity contribution in [3.8, 4) is 0 Å². The Morgan fingerprint density at radius 3 is 1.65 bits per heavy atom. The van der Waals surface area contributed by atoms with Gasteiger partial charge in [-0.1, -0.05) is 118 Å². The van der Waals surface area contributed by atoms with Gasteiger partial charge in [0.2, 0.25) is 0 Å². The Balaban J connectivity index is 4.27. The molecule has 3 N–H and O–H groups in total. The molecule has 0 spiro atoms. The lowest BCUT2D eigenvalue weighted by Crippen LogP contribution is -2.28. The normalized spacial score (nSPS) is 14.7. The van der Waals surface area contributed by atoms with E-state index in [1.165, 1.54) is 0 Å². The number of hydrogen-bond donors (Lipinski definition) is 2. The number of nitrogens with two attached hydrogens (primary N) is 1. The molecular formula is C39H66NO7P. The molecule has 0 rings (SSSR count). The van der Waals surface area contributed by atoms with Crippen LogP contribution in [-0.4, -0.2) is 49.9 Å². The summed E-state index contributed by atoms with van der Waals surface area (Å²) in [7, 11) is -4.29. The van der Waals surface area contributed by atoms with Gasteiger partial charge in [0.25, 0.3) is 0 Å². The van der Waals surface area contributed by atoms with Gasteiger partial charge in [-0.2, -0.15) is 0 Å². The summed E-state index contributed by atoms with van der Waals surface area (Å²) in [6.07, 6.45) is 44.7. The topological polar surface area (TPSA) is 117 Å². The molecular weight excluding hydrogens is 625 g/mol. The molecule has 0 heterocycles. The van der Waals surface area contributed by atoms with Gasteiger partial charge in [-0.3, -0.25) is 13.8 Å². The van der Waals surface area contributed by atoms with Crippen LogP contribution in [0.25, 0.3) is 0 Å². The Kier molecular flexibility index (Phi) is 34.2. The summed E-state index contributed by atoms with van der Waals surface area (Å²) in [5.74, 6) is -0.371. The van der Waals surface area contributed by atoms with Crippen molar-refractivity contribution in [1.29, 1.82) is 0 Å². The van der Waals surface area contributed by atoms with Gasteiger partial charge in [-0.15, -0.1) is 0 Å². The third kappa shape index (κ3) is 35.0. The van der Waals surface area contributed by atoms with Gasteiger partial charge >= 0.3 is 13.8 Å². The molecule has 0 aromatic rings. The number of ether oxygens (including phenoxy) is 2. The Morgan fingerprint density at radius 2 is 1.10 bits per heavy atom. The van der Waals surface area contributed by atoms with Crippen LogP contribution in [0.2, 0.25) is 0 Å². The van der Waals surface area contributed by atoms with Crippen LogP contribution in [-0.2, 0) is 27.9 Å². The number of carbonyl (C=O) groups is 1. The molecule has 0 bridgehead atoms. The molecule has 8 nitrogen and oxygen atoms in total. The quantitative estimate of drug-likeness (QED) is 0.0302. The van der Waals surface area contributed by atoms with E-state index in [2.05, 4.69) is 98.9 Å². The summed E-state index contributed by atoms with van der Waals surface area (Å²) < 4.78 is 33.2. The van der Waals surface area contributed by atoms with Gasteiger partial charge in [0, 0.05) is 19.6 Å². The van der Waals surface area contributed by atoms with Crippen molar-refractivity contribution in [2.45, 2.75) is 123 Å². The Bertz CT molecular complexity index is 1000. The van der Waals surface area contributed by atoms with Crippen LogP contribution >= 0.6 is 7.82 Å². The van der Waals surface area contributed by atoms with Crippen molar-refractivity contribution < 1.29 is 32.8 Å². The lowest BCUT2D eigenvalue weighted by atomic mass is 10.1. The highest BCUT2D eigenvalue weighted by atomic mass is 31.2. The number of allylic oxidation sites excluding steroid dienone is 14. The van der Waals surface area contributed by atoms with Crippen molar-refractivity contribution in [1.82, 2.24) is 0 Å². The molecule has 0 radical (unpaired) electrons. The predicted octanol–water partition coefficient (Wildman–Crippen LogP) is 10.2. The fourth-order valence-corrected chi connectivity index (χ4v) is 5.01. The highest BCUT2D eigenvalue weighted by Crippen LogP contribution is 2.43. The first-order valence-corrected chi connectivity index (χ1v) is 19.6. The molecule has 0 fully saturated rings. The van der Waals surface area contributed by atoms with Gasteiger partial charge in [0.1, 0.15) is 6.10 Å². The van der Waals surface area contributed by atoms with Crippen LogP contribution in [0.5, 0.6) is 0 Å². The van der Waals surface area contributed by atoms with E-state index in [-0.39, 0.29) is 38.8 Å². The Hall–Kier alpha value is -2.32. The second kappa shape index (κ2) is 36.0. The van der Waals surface area contributed by atoms with E-state index >= 15 is 0 Å². The molecule has 0 saturated carbocycles. The number of carbonyl (C=O) groups excluding carboxylic acids is 1. The average molecular weight is 692 g/mol. The third-order valence-electron chi connectivity index (χ3n) is 6.81. The number of phosphoric ester groups is 1. The molecule has 48 heavy (non-hydrogen) atoms. The second-order valence-corrected chi connectivity index (χ2v) is 12.8. The minimum absolute atomic E-state index is 0.0655. The van der Waals surface area contributed by atoms with Crippen LogP contribution in [0.15, 0.2) is 85.1 Å². The fourth-order valence-electron chi connectivity index (χ4n) is 4.25. The zero-order valence-corrected chi connectivity index (χ0v) is 30.8. The van der Waals surface area contributed by atoms with E-state index in [1.807, 2.05) is 0 Å². The second-order valence-electron chi connectivity index (χ2n) is 11.3. The minimum Gasteiger partial charge on any atom is -0.457 e. The van der Waals surface area contributed by atoms with Crippen molar-refractivity contribution in [3.63, 3.8) is 0 Å². The van der Waals surface area contributed by atoms with E-state index in [4.69, 9.17) is 24.3 Å². The summed E-state index contributed by atoms with van der Waals surface area (Å²) in [6.45, 7) is 4.47. The maximum atomic E-state index is 12.5. The molecule has 0 aliphatic carbocycles. The highest BCUT2D eigenvalue weighted by molar-refractivity contribution is 7.47. The van der Waals surface area contributed by atoms with E-state index in [9.17, 15) is 14.3 Å². The first kappa shape index (κ1) is 45.7. The largest absolute Gasteiger partial charge is 0.472 e. The van der Waals surface area contributed by atoms with Gasteiger partial charge in [0.15, 0.2) is 0 Å². The van der Waals surface area contributed by atoms with Crippen molar-refractivity contribution in [3.05, 3.63) is 85.1 Å². The van der Waals surface area contributed by atoms with Crippen LogP contribution in [0, 0.1) is 0 Å². The summed E-state index contributed by atoms with van der Waals surface area (Å²) >= 11 is 0. The SMILES string of the molecule is CC/C=C\C/C=C\C/C=C\C/C=C\CCCOCC(COP(=O)(O)OCCN)OC(=O)CCCCCCC/C=C\C/C=C\C/C=C\CC. The van der Waals surface area contributed by atoms with Crippen molar-refractivity contribution >= 4 is 13.8 Å². The molecule has 0 amide bonds. The van der Waals surface area contributed by atoms with Crippen LogP contribution in [0.3, 0.4) is 0 Å². The van der Waals surface area contributed by atoms with E-state index in [0.29, 0.717) is 6.61 Å². The molecule has 0 aromatic carbocycles.